The summed E-state index contributed by atoms with van der Waals surface area (Å²) in [6, 6.07) is 45.9. The summed E-state index contributed by atoms with van der Waals surface area (Å²) in [5.41, 5.74) is 7.35. The van der Waals surface area contributed by atoms with E-state index in [9.17, 15) is 0 Å². The van der Waals surface area contributed by atoms with Gasteiger partial charge in [0.1, 0.15) is 81.8 Å². The van der Waals surface area contributed by atoms with Crippen LogP contribution in [-0.2, 0) is 0 Å². The fourth-order valence-electron chi connectivity index (χ4n) is 10.8. The second-order valence-electron chi connectivity index (χ2n) is 17.1. The maximum atomic E-state index is 7.38. The smallest absolute Gasteiger partial charge is 0.128 e. The summed E-state index contributed by atoms with van der Waals surface area (Å²) >= 11 is 0. The quantitative estimate of drug-likeness (QED) is 0.188. The average Bonchev–Trinajstić information content (AvgIpc) is 3.74. The Hall–Kier alpha value is -6.64. The third-order valence-corrected chi connectivity index (χ3v) is 13.9. The normalized spacial score (nSPS) is 12.3. The van der Waals surface area contributed by atoms with Gasteiger partial charge in [0.15, 0.2) is 0 Å². The Kier molecular flexibility index (Phi) is 7.82. The highest BCUT2D eigenvalue weighted by atomic mass is 16.3. The summed E-state index contributed by atoms with van der Waals surface area (Å²) in [6.45, 7) is 0. The van der Waals surface area contributed by atoms with Gasteiger partial charge in [0.25, 0.3) is 0 Å². The lowest BCUT2D eigenvalue weighted by atomic mass is 9.61. The molecule has 13 aromatic rings. The second-order valence-corrected chi connectivity index (χ2v) is 17.1. The molecule has 0 saturated heterocycles. The number of furan rings is 1. The van der Waals surface area contributed by atoms with Crippen molar-refractivity contribution in [3.8, 4) is 33.4 Å². The molecule has 0 unspecified atom stereocenters. The zero-order valence-corrected chi connectivity index (χ0v) is 34.2. The fourth-order valence-corrected chi connectivity index (χ4v) is 10.8. The van der Waals surface area contributed by atoms with Crippen molar-refractivity contribution in [2.45, 2.75) is 0 Å². The Bertz CT molecular complexity index is 4050. The minimum atomic E-state index is 0.0992. The summed E-state index contributed by atoms with van der Waals surface area (Å²) in [5.74, 6) is 0. The molecule has 12 aromatic carbocycles. The molecule has 0 N–H and O–H groups in total. The van der Waals surface area contributed by atoms with Crippen molar-refractivity contribution < 1.29 is 4.42 Å². The maximum absolute atomic E-state index is 7.38. The number of rotatable bonds is 3. The molecule has 13 rings (SSSR count). The van der Waals surface area contributed by atoms with Crippen LogP contribution in [0.3, 0.4) is 0 Å². The Balaban J connectivity index is 1.15. The van der Waals surface area contributed by atoms with Crippen molar-refractivity contribution in [2.75, 3.05) is 0 Å². The van der Waals surface area contributed by atoms with E-state index in [1.807, 2.05) is 0 Å². The van der Waals surface area contributed by atoms with Gasteiger partial charge in [-0.1, -0.05) is 142 Å². The van der Waals surface area contributed by atoms with Gasteiger partial charge in [0.05, 0.1) is 0 Å². The van der Waals surface area contributed by atoms with E-state index < -0.39 is 0 Å². The van der Waals surface area contributed by atoms with Crippen LogP contribution in [0.1, 0.15) is 0 Å². The molecule has 10 heteroatoms. The summed E-state index contributed by atoms with van der Waals surface area (Å²) in [4.78, 5) is 0. The molecule has 1 aromatic heterocycles. The second kappa shape index (κ2) is 13.2. The Morgan fingerprint density at radius 2 is 0.656 bits per heavy atom. The van der Waals surface area contributed by atoms with Crippen molar-refractivity contribution in [2.24, 2.45) is 0 Å². The molecule has 0 aliphatic heterocycles. The van der Waals surface area contributed by atoms with E-state index in [1.165, 1.54) is 53.9 Å². The first kappa shape index (κ1) is 37.9. The van der Waals surface area contributed by atoms with Crippen LogP contribution in [-0.4, -0.2) is 70.6 Å². The molecule has 0 aliphatic carbocycles. The Labute approximate surface area is 380 Å². The lowest BCUT2D eigenvalue weighted by Crippen LogP contribution is -2.50. The maximum Gasteiger partial charge on any atom is 0.128 e. The van der Waals surface area contributed by atoms with Gasteiger partial charge in [-0.05, 0) is 132 Å². The highest BCUT2D eigenvalue weighted by molar-refractivity contribution is 6.72. The van der Waals surface area contributed by atoms with Crippen LogP contribution in [0.5, 0.6) is 0 Å². The van der Waals surface area contributed by atoms with Gasteiger partial charge in [-0.3, -0.25) is 0 Å². The molecule has 0 spiro atoms. The van der Waals surface area contributed by atoms with E-state index >= 15 is 0 Å². The molecular weight excluding hydrogens is 762 g/mol. The minimum absolute atomic E-state index is 0.0992. The molecule has 0 fully saturated rings. The molecule has 64 heavy (non-hydrogen) atoms. The lowest BCUT2D eigenvalue weighted by molar-refractivity contribution is 0.675. The van der Waals surface area contributed by atoms with Gasteiger partial charge in [0, 0.05) is 10.8 Å². The molecule has 0 amide bonds. The van der Waals surface area contributed by atoms with Crippen LogP contribution < -0.4 is 49.2 Å². The molecule has 270 valence electrons. The predicted molar refractivity (Wildman–Crippen MR) is 283 cm³/mol. The van der Waals surface area contributed by atoms with E-state index in [0.29, 0.717) is 32.6 Å². The van der Waals surface area contributed by atoms with Gasteiger partial charge in [-0.2, -0.15) is 0 Å². The first-order valence-corrected chi connectivity index (χ1v) is 20.9. The third-order valence-electron chi connectivity index (χ3n) is 13.9. The molecular formula is C54H21B9O. The van der Waals surface area contributed by atoms with Gasteiger partial charge < -0.3 is 4.42 Å². The minimum Gasteiger partial charge on any atom is -0.457 e. The molecule has 0 aliphatic rings. The highest BCUT2D eigenvalue weighted by Crippen LogP contribution is 2.44. The largest absolute Gasteiger partial charge is 0.457 e. The zero-order valence-electron chi connectivity index (χ0n) is 34.2. The lowest BCUT2D eigenvalue weighted by Gasteiger charge is -2.21. The van der Waals surface area contributed by atoms with Crippen molar-refractivity contribution in [3.63, 3.8) is 0 Å². The van der Waals surface area contributed by atoms with E-state index in [1.54, 1.807) is 0 Å². The van der Waals surface area contributed by atoms with E-state index in [0.717, 1.165) is 38.6 Å². The van der Waals surface area contributed by atoms with Gasteiger partial charge in [-0.25, -0.2) is 0 Å². The number of hydrogen-bond acceptors (Lipinski definition) is 1. The van der Waals surface area contributed by atoms with Crippen LogP contribution in [0.15, 0.2) is 132 Å². The molecule has 18 radical (unpaired) electrons. The average molecular weight is 783 g/mol. The predicted octanol–water partition coefficient (Wildman–Crippen LogP) is 4.68. The van der Waals surface area contributed by atoms with Crippen molar-refractivity contribution in [1.29, 1.82) is 0 Å². The first-order chi connectivity index (χ1) is 31.0. The number of hydrogen-bond donors (Lipinski definition) is 0. The van der Waals surface area contributed by atoms with E-state index in [2.05, 4.69) is 127 Å². The van der Waals surface area contributed by atoms with Crippen LogP contribution in [0.25, 0.3) is 131 Å². The SMILES string of the molecule is [B]c1c(-c2cc(-c3ccc4ccc5cccc6ccc3c4c56)cc(-c3ccc4ccc5cccc6ccc3c4c56)c2)c([B])c2c(oc3c([B])c4c([B])c([B])c([B])c([B])c4c([B])c32)c1[B]. The summed E-state index contributed by atoms with van der Waals surface area (Å²) in [6.07, 6.45) is 0. The summed E-state index contributed by atoms with van der Waals surface area (Å²) < 4.78 is 6.46. The topological polar surface area (TPSA) is 13.1 Å². The highest BCUT2D eigenvalue weighted by Gasteiger charge is 2.25. The monoisotopic (exact) mass is 784 g/mol. The molecule has 1 heterocycles. The van der Waals surface area contributed by atoms with E-state index in [-0.39, 0.29) is 54.9 Å². The third kappa shape index (κ3) is 4.87. The fraction of sp³-hybridized carbons (Fsp3) is 0. The van der Waals surface area contributed by atoms with Crippen molar-refractivity contribution in [1.82, 2.24) is 0 Å². The molecule has 0 atom stereocenters. The zero-order chi connectivity index (χ0) is 43.6. The summed E-state index contributed by atoms with van der Waals surface area (Å²) in [5, 5.41) is 15.8. The summed E-state index contributed by atoms with van der Waals surface area (Å²) in [7, 11) is 61.1. The molecule has 1 nitrogen and oxygen atoms in total. The van der Waals surface area contributed by atoms with Crippen LogP contribution in [0.4, 0.5) is 0 Å². The van der Waals surface area contributed by atoms with Gasteiger partial charge in [-0.15, -0.1) is 10.9 Å². The number of benzene rings is 12. The number of fused-ring (bicyclic) bond motifs is 4. The van der Waals surface area contributed by atoms with Crippen LogP contribution in [0, 0.1) is 0 Å². The van der Waals surface area contributed by atoms with Crippen molar-refractivity contribution in [3.05, 3.63) is 127 Å². The van der Waals surface area contributed by atoms with Gasteiger partial charge >= 0.3 is 0 Å². The van der Waals surface area contributed by atoms with E-state index in [4.69, 9.17) is 75.0 Å². The first-order valence-electron chi connectivity index (χ1n) is 20.9. The van der Waals surface area contributed by atoms with Crippen LogP contribution >= 0.6 is 0 Å². The molecule has 0 bridgehead atoms. The van der Waals surface area contributed by atoms with Crippen LogP contribution in [0.2, 0.25) is 0 Å². The van der Waals surface area contributed by atoms with Gasteiger partial charge in [0.2, 0.25) is 0 Å². The van der Waals surface area contributed by atoms with Crippen molar-refractivity contribution >= 4 is 217 Å². The Morgan fingerprint density at radius 3 is 1.16 bits per heavy atom. The standard InChI is InChI=1S/C54H21B9O/c55-44-39(46(57)52(63)54-42(44)43-45(56)40-41(49(60)53(43)64-54)48(59)51(62)50(61)47(40)58)30-20-28(31-15-11-26-9-7-22-3-1-5-24-13-17-33(31)37(26)35(22)24)19-29(21-30)32-16-12-27-10-8-23-4-2-6-25-14-18-34(32)38(27)36(23)25/h1-21H. The molecule has 0 saturated carbocycles. The Morgan fingerprint density at radius 1 is 0.266 bits per heavy atom.